The molecule has 3 rings (SSSR count). The van der Waals surface area contributed by atoms with E-state index in [0.29, 0.717) is 5.39 Å². The molecule has 27 heavy (non-hydrogen) atoms. The number of primary sulfonamides is 1. The molecule has 0 bridgehead atoms. The summed E-state index contributed by atoms with van der Waals surface area (Å²) < 4.78 is 51.2. The number of fused-ring (bicyclic) bond motifs is 1. The molecule has 3 aromatic rings. The Hall–Kier alpha value is -2.27. The van der Waals surface area contributed by atoms with E-state index in [1.807, 2.05) is 4.72 Å². The van der Waals surface area contributed by atoms with Gasteiger partial charge in [0.2, 0.25) is 10.0 Å². The Balaban J connectivity index is 2.07. The summed E-state index contributed by atoms with van der Waals surface area (Å²) >= 11 is 3.38. The van der Waals surface area contributed by atoms with Gasteiger partial charge in [0.1, 0.15) is 9.79 Å². The van der Waals surface area contributed by atoms with Crippen molar-refractivity contribution in [1.82, 2.24) is 4.72 Å². The quantitative estimate of drug-likeness (QED) is 0.607. The summed E-state index contributed by atoms with van der Waals surface area (Å²) in [6, 6.07) is 14.9. The van der Waals surface area contributed by atoms with Crippen LogP contribution in [0.2, 0.25) is 0 Å². The number of hydrogen-bond donors (Lipinski definition) is 2. The van der Waals surface area contributed by atoms with E-state index in [0.717, 1.165) is 22.0 Å². The topological polar surface area (TPSA) is 123 Å². The molecule has 0 aromatic heterocycles. The number of sulfonamides is 2. The summed E-state index contributed by atoms with van der Waals surface area (Å²) in [6.45, 7) is 0. The van der Waals surface area contributed by atoms with Crippen LogP contribution in [-0.4, -0.2) is 22.7 Å². The number of benzene rings is 3. The summed E-state index contributed by atoms with van der Waals surface area (Å²) in [5.41, 5.74) is 0.130. The maximum Gasteiger partial charge on any atom is 0.265 e. The van der Waals surface area contributed by atoms with Crippen LogP contribution in [0.15, 0.2) is 74.9 Å². The standard InChI is InChI=1S/C17H13BrN2O5S2/c18-14-10-9-13(11-5-1-2-6-12(11)14)17(21)20-27(24,25)16-8-4-3-7-15(16)26(19,22)23/h1-10H,(H,20,21)(H2,19,22,23). The molecule has 0 aliphatic heterocycles. The van der Waals surface area contributed by atoms with Crippen LogP contribution >= 0.6 is 15.9 Å². The molecule has 0 aliphatic carbocycles. The normalized spacial score (nSPS) is 12.1. The lowest BCUT2D eigenvalue weighted by Crippen LogP contribution is -2.32. The van der Waals surface area contributed by atoms with Gasteiger partial charge in [-0.15, -0.1) is 0 Å². The molecule has 3 N–H and O–H groups in total. The van der Waals surface area contributed by atoms with Gasteiger partial charge in [-0.05, 0) is 35.0 Å². The predicted octanol–water partition coefficient (Wildman–Crippen LogP) is 2.37. The number of rotatable bonds is 4. The zero-order chi connectivity index (χ0) is 19.8. The maximum absolute atomic E-state index is 12.6. The second-order valence-electron chi connectivity index (χ2n) is 5.57. The Morgan fingerprint density at radius 3 is 2.00 bits per heavy atom. The molecule has 0 saturated carbocycles. The fourth-order valence-electron chi connectivity index (χ4n) is 2.60. The van der Waals surface area contributed by atoms with Crippen molar-refractivity contribution >= 4 is 52.7 Å². The lowest BCUT2D eigenvalue weighted by molar-refractivity contribution is 0.0983. The molecule has 7 nitrogen and oxygen atoms in total. The highest BCUT2D eigenvalue weighted by Crippen LogP contribution is 2.27. The third-order valence-electron chi connectivity index (χ3n) is 3.79. The van der Waals surface area contributed by atoms with Crippen LogP contribution < -0.4 is 9.86 Å². The molecular weight excluding hydrogens is 456 g/mol. The minimum absolute atomic E-state index is 0.130. The van der Waals surface area contributed by atoms with E-state index >= 15 is 0 Å². The molecule has 0 radical (unpaired) electrons. The molecule has 0 heterocycles. The molecule has 0 aliphatic rings. The van der Waals surface area contributed by atoms with Crippen molar-refractivity contribution in [1.29, 1.82) is 0 Å². The molecule has 0 fully saturated rings. The molecule has 1 amide bonds. The summed E-state index contributed by atoms with van der Waals surface area (Å²) in [6.07, 6.45) is 0. The van der Waals surface area contributed by atoms with E-state index in [2.05, 4.69) is 15.9 Å². The Bertz CT molecular complexity index is 1270. The number of nitrogens with two attached hydrogens (primary N) is 1. The molecule has 0 saturated heterocycles. The third-order valence-corrected chi connectivity index (χ3v) is 6.97. The van der Waals surface area contributed by atoms with Crippen molar-refractivity contribution in [2.24, 2.45) is 5.14 Å². The average Bonchev–Trinajstić information content (AvgIpc) is 2.61. The maximum atomic E-state index is 12.6. The van der Waals surface area contributed by atoms with Gasteiger partial charge in [0.25, 0.3) is 15.9 Å². The Labute approximate surface area is 164 Å². The van der Waals surface area contributed by atoms with Crippen LogP contribution in [0.5, 0.6) is 0 Å². The van der Waals surface area contributed by atoms with Gasteiger partial charge in [0.05, 0.1) is 0 Å². The van der Waals surface area contributed by atoms with E-state index in [4.69, 9.17) is 5.14 Å². The highest BCUT2D eigenvalue weighted by molar-refractivity contribution is 9.10. The number of carbonyl (C=O) groups excluding carboxylic acids is 1. The van der Waals surface area contributed by atoms with Gasteiger partial charge in [-0.25, -0.2) is 26.7 Å². The molecule has 0 atom stereocenters. The molecular formula is C17H13BrN2O5S2. The fraction of sp³-hybridized carbons (Fsp3) is 0. The minimum Gasteiger partial charge on any atom is -0.268 e. The van der Waals surface area contributed by atoms with E-state index < -0.39 is 35.7 Å². The predicted molar refractivity (Wildman–Crippen MR) is 104 cm³/mol. The number of halogens is 1. The summed E-state index contributed by atoms with van der Waals surface area (Å²) in [5, 5.41) is 6.35. The molecule has 140 valence electrons. The summed E-state index contributed by atoms with van der Waals surface area (Å²) in [5.74, 6) is -0.886. The second-order valence-corrected chi connectivity index (χ2v) is 9.60. The van der Waals surface area contributed by atoms with Crippen LogP contribution in [-0.2, 0) is 20.0 Å². The zero-order valence-corrected chi connectivity index (χ0v) is 16.8. The molecule has 3 aromatic carbocycles. The van der Waals surface area contributed by atoms with Gasteiger partial charge in [-0.2, -0.15) is 0 Å². The first-order chi connectivity index (χ1) is 12.6. The molecule has 0 unspecified atom stereocenters. The highest BCUT2D eigenvalue weighted by atomic mass is 79.9. The molecule has 0 spiro atoms. The number of amides is 1. The number of carbonyl (C=O) groups is 1. The third kappa shape index (κ3) is 3.88. The van der Waals surface area contributed by atoms with Crippen LogP contribution in [0.3, 0.4) is 0 Å². The zero-order valence-electron chi connectivity index (χ0n) is 13.6. The summed E-state index contributed by atoms with van der Waals surface area (Å²) in [7, 11) is -8.76. The largest absolute Gasteiger partial charge is 0.268 e. The van der Waals surface area contributed by atoms with Crippen molar-refractivity contribution in [3.63, 3.8) is 0 Å². The smallest absolute Gasteiger partial charge is 0.265 e. The minimum atomic E-state index is -4.47. The first-order valence-electron chi connectivity index (χ1n) is 7.47. The van der Waals surface area contributed by atoms with Gasteiger partial charge in [-0.3, -0.25) is 4.79 Å². The number of hydrogen-bond acceptors (Lipinski definition) is 5. The van der Waals surface area contributed by atoms with Gasteiger partial charge in [0, 0.05) is 10.0 Å². The van der Waals surface area contributed by atoms with Crippen molar-refractivity contribution in [3.05, 3.63) is 70.7 Å². The average molecular weight is 469 g/mol. The van der Waals surface area contributed by atoms with Crippen LogP contribution in [0.4, 0.5) is 0 Å². The Morgan fingerprint density at radius 2 is 1.37 bits per heavy atom. The van der Waals surface area contributed by atoms with Crippen molar-refractivity contribution in [3.8, 4) is 0 Å². The Kier molecular flexibility index (Phi) is 5.08. The first-order valence-corrected chi connectivity index (χ1v) is 11.3. The summed E-state index contributed by atoms with van der Waals surface area (Å²) in [4.78, 5) is 11.4. The van der Waals surface area contributed by atoms with Crippen LogP contribution in [0.25, 0.3) is 10.8 Å². The van der Waals surface area contributed by atoms with Crippen molar-refractivity contribution < 1.29 is 21.6 Å². The SMILES string of the molecule is NS(=O)(=O)c1ccccc1S(=O)(=O)NC(=O)c1ccc(Br)c2ccccc12. The molecule has 10 heteroatoms. The van der Waals surface area contributed by atoms with E-state index in [1.165, 1.54) is 18.2 Å². The monoisotopic (exact) mass is 468 g/mol. The number of nitrogens with one attached hydrogen (secondary N) is 1. The van der Waals surface area contributed by atoms with E-state index in [1.54, 1.807) is 30.3 Å². The lowest BCUT2D eigenvalue weighted by Gasteiger charge is -2.12. The van der Waals surface area contributed by atoms with Gasteiger partial charge >= 0.3 is 0 Å². The second kappa shape index (κ2) is 7.04. The first kappa shape index (κ1) is 19.5. The van der Waals surface area contributed by atoms with Crippen molar-refractivity contribution in [2.45, 2.75) is 9.79 Å². The highest BCUT2D eigenvalue weighted by Gasteiger charge is 2.26. The van der Waals surface area contributed by atoms with E-state index in [-0.39, 0.29) is 5.56 Å². The lowest BCUT2D eigenvalue weighted by atomic mass is 10.0. The van der Waals surface area contributed by atoms with Crippen LogP contribution in [0.1, 0.15) is 10.4 Å². The fourth-order valence-corrected chi connectivity index (χ4v) is 5.43. The Morgan fingerprint density at radius 1 is 0.815 bits per heavy atom. The van der Waals surface area contributed by atoms with E-state index in [9.17, 15) is 21.6 Å². The van der Waals surface area contributed by atoms with Crippen molar-refractivity contribution in [2.75, 3.05) is 0 Å². The van der Waals surface area contributed by atoms with Gasteiger partial charge in [0.15, 0.2) is 0 Å². The van der Waals surface area contributed by atoms with Gasteiger partial charge < -0.3 is 0 Å². The van der Waals surface area contributed by atoms with Crippen LogP contribution in [0, 0.1) is 0 Å². The van der Waals surface area contributed by atoms with Gasteiger partial charge in [-0.1, -0.05) is 52.3 Å².